The Balaban J connectivity index is 1.11. The molecular weight excluding hydrogens is 368 g/mol. The van der Waals surface area contributed by atoms with Crippen LogP contribution in [0.4, 0.5) is 0 Å². The van der Waals surface area contributed by atoms with E-state index in [1.54, 1.807) is 4.90 Å². The molecule has 0 saturated carbocycles. The van der Waals surface area contributed by atoms with Crippen molar-refractivity contribution in [1.29, 1.82) is 0 Å². The molecule has 6 heteroatoms. The van der Waals surface area contributed by atoms with Gasteiger partial charge in [0.2, 0.25) is 0 Å². The minimum atomic E-state index is -0.447. The zero-order chi connectivity index (χ0) is 19.9. The van der Waals surface area contributed by atoms with Gasteiger partial charge in [-0.25, -0.2) is 0 Å². The van der Waals surface area contributed by atoms with Gasteiger partial charge in [0.25, 0.3) is 0 Å². The highest BCUT2D eigenvalue weighted by atomic mass is 16.6. The standard InChI is InChI=1S/C23H30N2O4/c26-20(16-27-17-21-18-28-22-8-4-5-9-23(22)29-21)15-25-12-10-24(11-13-25)14-19-6-2-1-3-7-19/h1-9,20-21,26H,10-18H2/p+2/t20-,21-/m1/s1. The molecule has 2 atom stereocenters. The van der Waals surface area contributed by atoms with Gasteiger partial charge >= 0.3 is 0 Å². The average molecular weight is 401 g/mol. The van der Waals surface area contributed by atoms with Gasteiger partial charge in [-0.05, 0) is 12.1 Å². The van der Waals surface area contributed by atoms with Gasteiger partial charge in [0.05, 0.1) is 13.2 Å². The molecule has 2 aliphatic heterocycles. The van der Waals surface area contributed by atoms with Crippen molar-refractivity contribution < 1.29 is 29.1 Å². The fourth-order valence-electron chi connectivity index (χ4n) is 4.10. The Morgan fingerprint density at radius 1 is 0.931 bits per heavy atom. The number of aliphatic hydroxyl groups excluding tert-OH is 1. The first-order valence-corrected chi connectivity index (χ1v) is 10.6. The van der Waals surface area contributed by atoms with Crippen molar-refractivity contribution in [2.45, 2.75) is 18.8 Å². The molecule has 0 aliphatic carbocycles. The highest BCUT2D eigenvalue weighted by molar-refractivity contribution is 5.40. The fraction of sp³-hybridized carbons (Fsp3) is 0.478. The maximum absolute atomic E-state index is 10.4. The van der Waals surface area contributed by atoms with Crippen LogP contribution in [0, 0.1) is 0 Å². The zero-order valence-electron chi connectivity index (χ0n) is 16.9. The predicted octanol–water partition coefficient (Wildman–Crippen LogP) is -0.812. The molecular formula is C23H32N2O4+2. The van der Waals surface area contributed by atoms with Gasteiger partial charge in [-0.1, -0.05) is 42.5 Å². The SMILES string of the molecule is O[C@@H](COC[C@@H]1COc2ccccc2O1)C[NH+]1CC[NH+](Cc2ccccc2)CC1. The van der Waals surface area contributed by atoms with E-state index in [0.717, 1.165) is 50.8 Å². The van der Waals surface area contributed by atoms with Crippen LogP contribution < -0.4 is 19.3 Å². The molecule has 0 unspecified atom stereocenters. The number of piperazine rings is 1. The van der Waals surface area contributed by atoms with E-state index < -0.39 is 6.10 Å². The maximum atomic E-state index is 10.4. The van der Waals surface area contributed by atoms with E-state index in [4.69, 9.17) is 14.2 Å². The van der Waals surface area contributed by atoms with Crippen LogP contribution in [0.3, 0.4) is 0 Å². The minimum absolute atomic E-state index is 0.130. The third kappa shape index (κ3) is 5.93. The van der Waals surface area contributed by atoms with Crippen molar-refractivity contribution in [1.82, 2.24) is 0 Å². The summed E-state index contributed by atoms with van der Waals surface area (Å²) in [6.45, 7) is 7.54. The van der Waals surface area contributed by atoms with E-state index in [1.807, 2.05) is 24.3 Å². The van der Waals surface area contributed by atoms with E-state index in [9.17, 15) is 5.11 Å². The number of hydrogen-bond acceptors (Lipinski definition) is 4. The average Bonchev–Trinajstić information content (AvgIpc) is 2.76. The summed E-state index contributed by atoms with van der Waals surface area (Å²) in [5, 5.41) is 10.4. The third-order valence-electron chi connectivity index (χ3n) is 5.67. The lowest BCUT2D eigenvalue weighted by Gasteiger charge is -2.31. The number of aliphatic hydroxyl groups is 1. The molecule has 156 valence electrons. The highest BCUT2D eigenvalue weighted by Crippen LogP contribution is 2.30. The number of nitrogens with one attached hydrogen (secondary N) is 2. The Labute approximate surface area is 172 Å². The van der Waals surface area contributed by atoms with E-state index in [1.165, 1.54) is 10.5 Å². The molecule has 1 saturated heterocycles. The zero-order valence-corrected chi connectivity index (χ0v) is 16.9. The largest absolute Gasteiger partial charge is 0.486 e. The summed E-state index contributed by atoms with van der Waals surface area (Å²) in [6, 6.07) is 18.3. The van der Waals surface area contributed by atoms with E-state index in [-0.39, 0.29) is 6.10 Å². The molecule has 6 nitrogen and oxygen atoms in total. The third-order valence-corrected chi connectivity index (χ3v) is 5.67. The number of quaternary nitrogens is 2. The summed E-state index contributed by atoms with van der Waals surface area (Å²) in [4.78, 5) is 3.09. The topological polar surface area (TPSA) is 56.8 Å². The number of fused-ring (bicyclic) bond motifs is 1. The quantitative estimate of drug-likeness (QED) is 0.543. The molecule has 2 heterocycles. The lowest BCUT2D eigenvalue weighted by molar-refractivity contribution is -1.02. The minimum Gasteiger partial charge on any atom is -0.486 e. The molecule has 2 aromatic rings. The predicted molar refractivity (Wildman–Crippen MR) is 110 cm³/mol. The second-order valence-electron chi connectivity index (χ2n) is 8.06. The Morgan fingerprint density at radius 3 is 2.41 bits per heavy atom. The number of rotatable bonds is 8. The van der Waals surface area contributed by atoms with E-state index >= 15 is 0 Å². The summed E-state index contributed by atoms with van der Waals surface area (Å²) < 4.78 is 17.3. The van der Waals surface area contributed by atoms with Gasteiger partial charge in [-0.2, -0.15) is 0 Å². The van der Waals surface area contributed by atoms with Gasteiger partial charge in [0.15, 0.2) is 17.6 Å². The van der Waals surface area contributed by atoms with Crippen LogP contribution in [0.25, 0.3) is 0 Å². The lowest BCUT2D eigenvalue weighted by Crippen LogP contribution is -3.28. The van der Waals surface area contributed by atoms with Crippen LogP contribution in [-0.2, 0) is 11.3 Å². The van der Waals surface area contributed by atoms with Crippen LogP contribution in [0.5, 0.6) is 11.5 Å². The van der Waals surface area contributed by atoms with E-state index in [2.05, 4.69) is 30.3 Å². The molecule has 0 bridgehead atoms. The fourth-order valence-corrected chi connectivity index (χ4v) is 4.10. The lowest BCUT2D eigenvalue weighted by atomic mass is 10.2. The maximum Gasteiger partial charge on any atom is 0.161 e. The molecule has 0 radical (unpaired) electrons. The van der Waals surface area contributed by atoms with Crippen molar-refractivity contribution in [3.8, 4) is 11.5 Å². The molecule has 4 rings (SSSR count). The molecule has 0 spiro atoms. The number of para-hydroxylation sites is 2. The summed E-state index contributed by atoms with van der Waals surface area (Å²) >= 11 is 0. The monoisotopic (exact) mass is 400 g/mol. The first kappa shape index (κ1) is 20.2. The van der Waals surface area contributed by atoms with Crippen LogP contribution in [-0.4, -0.2) is 69.9 Å². The first-order chi connectivity index (χ1) is 14.3. The van der Waals surface area contributed by atoms with Crippen LogP contribution in [0.2, 0.25) is 0 Å². The molecule has 2 aliphatic rings. The highest BCUT2D eigenvalue weighted by Gasteiger charge is 2.26. The van der Waals surface area contributed by atoms with Crippen LogP contribution in [0.1, 0.15) is 5.56 Å². The van der Waals surface area contributed by atoms with Crippen molar-refractivity contribution in [3.63, 3.8) is 0 Å². The van der Waals surface area contributed by atoms with Crippen molar-refractivity contribution in [3.05, 3.63) is 60.2 Å². The Morgan fingerprint density at radius 2 is 1.62 bits per heavy atom. The normalized spacial score (nSPS) is 24.8. The number of benzene rings is 2. The van der Waals surface area contributed by atoms with Crippen molar-refractivity contribution >= 4 is 0 Å². The smallest absolute Gasteiger partial charge is 0.161 e. The molecule has 2 aromatic carbocycles. The van der Waals surface area contributed by atoms with Gasteiger partial charge < -0.3 is 29.1 Å². The summed E-state index contributed by atoms with van der Waals surface area (Å²) in [5.74, 6) is 1.54. The molecule has 1 fully saturated rings. The Bertz CT molecular complexity index is 750. The number of ether oxygens (including phenoxy) is 3. The van der Waals surface area contributed by atoms with Crippen LogP contribution >= 0.6 is 0 Å². The number of hydrogen-bond donors (Lipinski definition) is 3. The molecule has 3 N–H and O–H groups in total. The van der Waals surface area contributed by atoms with Gasteiger partial charge in [-0.3, -0.25) is 0 Å². The summed E-state index contributed by atoms with van der Waals surface area (Å²) in [5.41, 5.74) is 1.40. The van der Waals surface area contributed by atoms with Crippen molar-refractivity contribution in [2.24, 2.45) is 0 Å². The van der Waals surface area contributed by atoms with Crippen LogP contribution in [0.15, 0.2) is 54.6 Å². The second-order valence-corrected chi connectivity index (χ2v) is 8.06. The summed E-state index contributed by atoms with van der Waals surface area (Å²) in [6.07, 6.45) is -0.577. The summed E-state index contributed by atoms with van der Waals surface area (Å²) in [7, 11) is 0. The van der Waals surface area contributed by atoms with Gasteiger partial charge in [0.1, 0.15) is 52.0 Å². The second kappa shape index (κ2) is 10.1. The van der Waals surface area contributed by atoms with Crippen molar-refractivity contribution in [2.75, 3.05) is 52.5 Å². The van der Waals surface area contributed by atoms with Gasteiger partial charge in [-0.15, -0.1) is 0 Å². The van der Waals surface area contributed by atoms with E-state index in [0.29, 0.717) is 19.8 Å². The molecule has 29 heavy (non-hydrogen) atoms. The Kier molecular flexibility index (Phi) is 7.00. The molecule has 0 amide bonds. The first-order valence-electron chi connectivity index (χ1n) is 10.6. The molecule has 0 aromatic heterocycles. The van der Waals surface area contributed by atoms with Gasteiger partial charge in [0, 0.05) is 5.56 Å². The Hall–Kier alpha value is -2.12.